The number of ether oxygens (including phenoxy) is 1. The fraction of sp³-hybridized carbons (Fsp3) is 0.0556. The molecule has 0 unspecified atom stereocenters. The normalized spacial score (nSPS) is 10.2. The van der Waals surface area contributed by atoms with Crippen LogP contribution >= 0.6 is 0 Å². The molecule has 8 heteroatoms. The number of nitrogens with zero attached hydrogens (tertiary/aromatic N) is 2. The van der Waals surface area contributed by atoms with Crippen LogP contribution in [-0.2, 0) is 4.74 Å². The summed E-state index contributed by atoms with van der Waals surface area (Å²) in [6.07, 6.45) is 1.28. The smallest absolute Gasteiger partial charge is 0.339 e. The van der Waals surface area contributed by atoms with Crippen molar-refractivity contribution >= 4 is 34.7 Å². The van der Waals surface area contributed by atoms with Gasteiger partial charge in [0.05, 0.1) is 24.0 Å². The molecule has 1 aromatic heterocycles. The molecule has 4 N–H and O–H groups in total. The Morgan fingerprint density at radius 1 is 1.00 bits per heavy atom. The van der Waals surface area contributed by atoms with Gasteiger partial charge in [0.15, 0.2) is 11.6 Å². The number of nitrogens with two attached hydrogens (primary N) is 1. The number of nitrogen functional groups attached to an aromatic ring is 1. The highest BCUT2D eigenvalue weighted by Gasteiger charge is 2.15. The lowest BCUT2D eigenvalue weighted by Crippen LogP contribution is -2.09. The summed E-state index contributed by atoms with van der Waals surface area (Å²) in [6.45, 7) is 0. The first kappa shape index (κ1) is 17.2. The first-order valence-corrected chi connectivity index (χ1v) is 7.66. The molecule has 3 rings (SSSR count). The minimum Gasteiger partial charge on any atom is -0.465 e. The molecule has 2 aromatic carbocycles. The van der Waals surface area contributed by atoms with Crippen LogP contribution in [0.1, 0.15) is 10.4 Å². The molecule has 0 atom stereocenters. The van der Waals surface area contributed by atoms with Crippen LogP contribution in [0.2, 0.25) is 0 Å². The third kappa shape index (κ3) is 3.54. The van der Waals surface area contributed by atoms with E-state index in [1.165, 1.54) is 19.5 Å². The molecule has 0 aliphatic carbocycles. The molecule has 1 heterocycles. The van der Waals surface area contributed by atoms with E-state index < -0.39 is 11.8 Å². The molecule has 0 aliphatic rings. The Balaban J connectivity index is 1.91. The van der Waals surface area contributed by atoms with Crippen LogP contribution in [0.4, 0.5) is 33.1 Å². The molecule has 0 amide bonds. The number of para-hydroxylation sites is 2. The highest BCUT2D eigenvalue weighted by atomic mass is 19.1. The molecule has 0 saturated carbocycles. The fourth-order valence-corrected chi connectivity index (χ4v) is 2.29. The van der Waals surface area contributed by atoms with Gasteiger partial charge in [-0.05, 0) is 24.3 Å². The second-order valence-electron chi connectivity index (χ2n) is 5.25. The molecule has 0 bridgehead atoms. The van der Waals surface area contributed by atoms with Gasteiger partial charge in [0.2, 0.25) is 0 Å². The molecule has 0 saturated heterocycles. The van der Waals surface area contributed by atoms with Crippen molar-refractivity contribution in [1.82, 2.24) is 9.97 Å². The monoisotopic (exact) mass is 353 g/mol. The Labute approximate surface area is 149 Å². The van der Waals surface area contributed by atoms with Crippen LogP contribution in [0.25, 0.3) is 0 Å². The van der Waals surface area contributed by atoms with Gasteiger partial charge in [-0.15, -0.1) is 0 Å². The Hall–Kier alpha value is -3.68. The van der Waals surface area contributed by atoms with E-state index in [4.69, 9.17) is 10.5 Å². The highest BCUT2D eigenvalue weighted by Crippen LogP contribution is 2.30. The molecular weight excluding hydrogens is 337 g/mol. The molecule has 0 aliphatic heterocycles. The number of carbonyl (C=O) groups excluding carboxylic acids is 1. The zero-order valence-electron chi connectivity index (χ0n) is 13.9. The molecule has 7 nitrogen and oxygen atoms in total. The van der Waals surface area contributed by atoms with Gasteiger partial charge in [0.1, 0.15) is 17.8 Å². The van der Waals surface area contributed by atoms with Gasteiger partial charge in [0.25, 0.3) is 0 Å². The van der Waals surface area contributed by atoms with Gasteiger partial charge < -0.3 is 21.1 Å². The number of benzene rings is 2. The standard InChI is InChI=1S/C18H16FN5O2/c1-26-18(25)11-6-2-4-8-13(11)23-16-15(20)17(22-10-21-16)24-14-9-5-3-7-12(14)19/h2-10H,20H2,1H3,(H2,21,22,23,24). The molecule has 132 valence electrons. The maximum Gasteiger partial charge on any atom is 0.339 e. The Morgan fingerprint density at radius 3 is 2.23 bits per heavy atom. The zero-order chi connectivity index (χ0) is 18.5. The molecular formula is C18H16FN5O2. The van der Waals surface area contributed by atoms with E-state index in [2.05, 4.69) is 20.6 Å². The number of carbonyl (C=O) groups is 1. The first-order chi connectivity index (χ1) is 12.6. The average Bonchev–Trinajstić information content (AvgIpc) is 2.66. The van der Waals surface area contributed by atoms with E-state index in [-0.39, 0.29) is 23.0 Å². The van der Waals surface area contributed by atoms with Crippen molar-refractivity contribution in [3.8, 4) is 0 Å². The second kappa shape index (κ2) is 7.47. The van der Waals surface area contributed by atoms with Gasteiger partial charge in [-0.1, -0.05) is 24.3 Å². The lowest BCUT2D eigenvalue weighted by molar-refractivity contribution is 0.0602. The van der Waals surface area contributed by atoms with Crippen molar-refractivity contribution in [2.45, 2.75) is 0 Å². The van der Waals surface area contributed by atoms with Gasteiger partial charge in [-0.25, -0.2) is 19.2 Å². The largest absolute Gasteiger partial charge is 0.465 e. The van der Waals surface area contributed by atoms with Crippen molar-refractivity contribution in [3.63, 3.8) is 0 Å². The molecule has 0 radical (unpaired) electrons. The lowest BCUT2D eigenvalue weighted by Gasteiger charge is -2.14. The summed E-state index contributed by atoms with van der Waals surface area (Å²) in [5.74, 6) is -0.417. The van der Waals surface area contributed by atoms with Crippen molar-refractivity contribution in [2.24, 2.45) is 0 Å². The summed E-state index contributed by atoms with van der Waals surface area (Å²) in [5.41, 5.74) is 7.31. The van der Waals surface area contributed by atoms with Crippen LogP contribution in [0, 0.1) is 5.82 Å². The molecule has 0 fully saturated rings. The summed E-state index contributed by atoms with van der Waals surface area (Å²) in [6, 6.07) is 12.9. The van der Waals surface area contributed by atoms with Gasteiger partial charge in [-0.2, -0.15) is 0 Å². The van der Waals surface area contributed by atoms with Gasteiger partial charge in [0, 0.05) is 0 Å². The predicted molar refractivity (Wildman–Crippen MR) is 97.2 cm³/mol. The minimum absolute atomic E-state index is 0.176. The highest BCUT2D eigenvalue weighted by molar-refractivity contribution is 5.97. The van der Waals surface area contributed by atoms with Crippen LogP contribution in [0.3, 0.4) is 0 Å². The maximum atomic E-state index is 13.8. The zero-order valence-corrected chi connectivity index (χ0v) is 13.9. The number of esters is 1. The Bertz CT molecular complexity index is 948. The number of hydrogen-bond acceptors (Lipinski definition) is 7. The summed E-state index contributed by atoms with van der Waals surface area (Å²) >= 11 is 0. The second-order valence-corrected chi connectivity index (χ2v) is 5.25. The average molecular weight is 353 g/mol. The number of anilines is 5. The van der Waals surface area contributed by atoms with Crippen LogP contribution < -0.4 is 16.4 Å². The van der Waals surface area contributed by atoms with E-state index in [1.807, 2.05) is 0 Å². The van der Waals surface area contributed by atoms with E-state index in [0.29, 0.717) is 11.3 Å². The quantitative estimate of drug-likeness (QED) is 0.604. The number of rotatable bonds is 5. The third-order valence-corrected chi connectivity index (χ3v) is 3.60. The lowest BCUT2D eigenvalue weighted by atomic mass is 10.2. The number of nitrogens with one attached hydrogen (secondary N) is 2. The van der Waals surface area contributed by atoms with E-state index in [9.17, 15) is 9.18 Å². The van der Waals surface area contributed by atoms with E-state index in [1.54, 1.807) is 42.5 Å². The molecule has 26 heavy (non-hydrogen) atoms. The van der Waals surface area contributed by atoms with Crippen LogP contribution in [0.5, 0.6) is 0 Å². The summed E-state index contributed by atoms with van der Waals surface area (Å²) in [4.78, 5) is 20.0. The van der Waals surface area contributed by atoms with Crippen LogP contribution in [-0.4, -0.2) is 23.0 Å². The van der Waals surface area contributed by atoms with E-state index in [0.717, 1.165) is 0 Å². The summed E-state index contributed by atoms with van der Waals surface area (Å²) in [7, 11) is 1.30. The SMILES string of the molecule is COC(=O)c1ccccc1Nc1ncnc(Nc2ccccc2F)c1N. The van der Waals surface area contributed by atoms with Crippen molar-refractivity contribution < 1.29 is 13.9 Å². The predicted octanol–water partition coefficient (Wildman–Crippen LogP) is 3.47. The van der Waals surface area contributed by atoms with Crippen LogP contribution in [0.15, 0.2) is 54.9 Å². The fourth-order valence-electron chi connectivity index (χ4n) is 2.29. The Morgan fingerprint density at radius 2 is 1.58 bits per heavy atom. The van der Waals surface area contributed by atoms with Crippen molar-refractivity contribution in [2.75, 3.05) is 23.5 Å². The third-order valence-electron chi connectivity index (χ3n) is 3.60. The first-order valence-electron chi connectivity index (χ1n) is 7.66. The topological polar surface area (TPSA) is 102 Å². The minimum atomic E-state index is -0.495. The van der Waals surface area contributed by atoms with Gasteiger partial charge in [-0.3, -0.25) is 0 Å². The number of methoxy groups -OCH3 is 1. The number of halogens is 1. The summed E-state index contributed by atoms with van der Waals surface area (Å²) < 4.78 is 18.6. The van der Waals surface area contributed by atoms with Gasteiger partial charge >= 0.3 is 5.97 Å². The van der Waals surface area contributed by atoms with E-state index >= 15 is 0 Å². The number of aromatic nitrogens is 2. The van der Waals surface area contributed by atoms with Crippen molar-refractivity contribution in [1.29, 1.82) is 0 Å². The molecule has 3 aromatic rings. The maximum absolute atomic E-state index is 13.8. The summed E-state index contributed by atoms with van der Waals surface area (Å²) in [5, 5.41) is 5.82. The van der Waals surface area contributed by atoms with Crippen molar-refractivity contribution in [3.05, 3.63) is 66.2 Å². The number of hydrogen-bond donors (Lipinski definition) is 3. The Kier molecular flexibility index (Phi) is 4.93. The molecule has 0 spiro atoms.